The highest BCUT2D eigenvalue weighted by Crippen LogP contribution is 2.42. The molecule has 204 valence electrons. The van der Waals surface area contributed by atoms with E-state index in [1.54, 1.807) is 18.2 Å². The van der Waals surface area contributed by atoms with E-state index in [9.17, 15) is 14.3 Å². The Balaban J connectivity index is 1.45. The Kier molecular flexibility index (Phi) is 9.03. The van der Waals surface area contributed by atoms with E-state index >= 15 is 0 Å². The van der Waals surface area contributed by atoms with E-state index in [0.29, 0.717) is 28.6 Å². The molecule has 0 amide bonds. The summed E-state index contributed by atoms with van der Waals surface area (Å²) in [4.78, 5) is 13.9. The number of ether oxygens (including phenoxy) is 1. The summed E-state index contributed by atoms with van der Waals surface area (Å²) < 4.78 is 18.7. The fourth-order valence-corrected chi connectivity index (χ4v) is 6.18. The minimum atomic E-state index is -0.925. The van der Waals surface area contributed by atoms with Gasteiger partial charge in [0.05, 0.1) is 24.9 Å². The highest BCUT2D eigenvalue weighted by molar-refractivity contribution is 6.36. The van der Waals surface area contributed by atoms with E-state index in [1.807, 2.05) is 18.2 Å². The number of likely N-dealkylation sites (tertiary alicyclic amines) is 1. The second-order valence-electron chi connectivity index (χ2n) is 10.3. The summed E-state index contributed by atoms with van der Waals surface area (Å²) in [5.41, 5.74) is 7.61. The predicted octanol–water partition coefficient (Wildman–Crippen LogP) is 7.94. The van der Waals surface area contributed by atoms with Crippen molar-refractivity contribution in [1.82, 2.24) is 4.90 Å². The molecule has 0 aromatic heterocycles. The fourth-order valence-electron chi connectivity index (χ4n) is 5.66. The van der Waals surface area contributed by atoms with Crippen LogP contribution < -0.4 is 0 Å². The summed E-state index contributed by atoms with van der Waals surface area (Å²) >= 11 is 12.9. The second-order valence-corrected chi connectivity index (χ2v) is 11.1. The van der Waals surface area contributed by atoms with E-state index in [-0.39, 0.29) is 12.8 Å². The van der Waals surface area contributed by atoms with Crippen molar-refractivity contribution in [3.05, 3.63) is 104 Å². The third-order valence-corrected chi connectivity index (χ3v) is 8.17. The fraction of sp³-hybridized carbons (Fsp3) is 0.344. The minimum absolute atomic E-state index is 0.169. The van der Waals surface area contributed by atoms with Crippen molar-refractivity contribution in [1.29, 1.82) is 0 Å². The van der Waals surface area contributed by atoms with Gasteiger partial charge in [-0.15, -0.1) is 0 Å². The number of rotatable bonds is 9. The summed E-state index contributed by atoms with van der Waals surface area (Å²) in [6.45, 7) is 2.84. The number of alkyl halides is 1. The molecular weight excluding hydrogens is 536 g/mol. The van der Waals surface area contributed by atoms with Gasteiger partial charge >= 0.3 is 5.97 Å². The first-order chi connectivity index (χ1) is 18.9. The van der Waals surface area contributed by atoms with Gasteiger partial charge in [0.25, 0.3) is 0 Å². The summed E-state index contributed by atoms with van der Waals surface area (Å²) in [5.74, 6) is -0.925. The molecule has 0 spiro atoms. The number of benzene rings is 3. The van der Waals surface area contributed by atoms with E-state index in [4.69, 9.17) is 27.9 Å². The van der Waals surface area contributed by atoms with Crippen LogP contribution in [0.5, 0.6) is 0 Å². The minimum Gasteiger partial charge on any atom is -0.478 e. The van der Waals surface area contributed by atoms with Crippen LogP contribution in [0.2, 0.25) is 10.0 Å². The summed E-state index contributed by atoms with van der Waals surface area (Å²) in [6.07, 6.45) is 4.18. The predicted molar refractivity (Wildman–Crippen MR) is 155 cm³/mol. The van der Waals surface area contributed by atoms with Gasteiger partial charge in [-0.1, -0.05) is 59.6 Å². The first-order valence-corrected chi connectivity index (χ1v) is 14.2. The molecule has 2 aliphatic rings. The first kappa shape index (κ1) is 27.9. The van der Waals surface area contributed by atoms with Gasteiger partial charge < -0.3 is 14.7 Å². The van der Waals surface area contributed by atoms with Crippen LogP contribution in [0.1, 0.15) is 63.9 Å². The number of carboxylic acids is 1. The van der Waals surface area contributed by atoms with Crippen LogP contribution in [0.15, 0.2) is 60.7 Å². The van der Waals surface area contributed by atoms with E-state index in [1.165, 1.54) is 0 Å². The smallest absolute Gasteiger partial charge is 0.335 e. The van der Waals surface area contributed by atoms with Gasteiger partial charge in [0.2, 0.25) is 0 Å². The third kappa shape index (κ3) is 6.55. The van der Waals surface area contributed by atoms with Gasteiger partial charge in [0.15, 0.2) is 0 Å². The molecule has 0 saturated carbocycles. The van der Waals surface area contributed by atoms with Crippen molar-refractivity contribution in [2.24, 2.45) is 0 Å². The number of hydrogen-bond acceptors (Lipinski definition) is 3. The molecular formula is C32H32Cl2FNO3. The Bertz CT molecular complexity index is 1370. The number of carboxylic acid groups (broad SMARTS) is 1. The maximum absolute atomic E-state index is 12.5. The van der Waals surface area contributed by atoms with E-state index in [0.717, 1.165) is 84.3 Å². The molecule has 1 aliphatic carbocycles. The van der Waals surface area contributed by atoms with Crippen LogP contribution >= 0.6 is 23.2 Å². The zero-order valence-corrected chi connectivity index (χ0v) is 23.3. The Morgan fingerprint density at radius 1 is 1.03 bits per heavy atom. The van der Waals surface area contributed by atoms with Gasteiger partial charge in [-0.25, -0.2) is 4.79 Å². The molecule has 1 unspecified atom stereocenters. The maximum Gasteiger partial charge on any atom is 0.335 e. The number of aryl methyl sites for hydroxylation is 1. The zero-order chi connectivity index (χ0) is 27.4. The molecule has 0 bridgehead atoms. The molecule has 0 radical (unpaired) electrons. The van der Waals surface area contributed by atoms with Gasteiger partial charge in [-0.05, 0) is 95.3 Å². The molecule has 4 nitrogen and oxygen atoms in total. The summed E-state index contributed by atoms with van der Waals surface area (Å²) in [7, 11) is 0. The number of fused-ring (bicyclic) bond motifs is 1. The van der Waals surface area contributed by atoms with Crippen LogP contribution in [-0.2, 0) is 17.8 Å². The molecule has 1 aliphatic heterocycles. The Hall–Kier alpha value is -2.70. The highest BCUT2D eigenvalue weighted by atomic mass is 35.5. The summed E-state index contributed by atoms with van der Waals surface area (Å²) in [6, 6.07) is 19.4. The Labute approximate surface area is 239 Å². The standard InChI is InChI=1S/C32H32Cl2FNO3/c33-25-10-12-28(30(34)18-25)29-4-1-3-23-17-24(32(37)38)9-11-27(23)31(29)22-7-5-21(6-8-22)20-39-26-13-16-36(19-26)15-2-14-35/h5-12,17-18,26H,1-4,13-16,19-20H2,(H,37,38). The molecule has 1 heterocycles. The quantitative estimate of drug-likeness (QED) is 0.285. The third-order valence-electron chi connectivity index (χ3n) is 7.62. The molecule has 3 aromatic carbocycles. The molecule has 1 fully saturated rings. The van der Waals surface area contributed by atoms with Crippen LogP contribution in [-0.4, -0.2) is 48.4 Å². The molecule has 5 rings (SSSR count). The normalized spacial score (nSPS) is 17.8. The lowest BCUT2D eigenvalue weighted by Crippen LogP contribution is -2.24. The summed E-state index contributed by atoms with van der Waals surface area (Å²) in [5, 5.41) is 10.8. The average molecular weight is 569 g/mol. The van der Waals surface area contributed by atoms with Crippen molar-refractivity contribution in [2.45, 2.75) is 44.8 Å². The monoisotopic (exact) mass is 567 g/mol. The van der Waals surface area contributed by atoms with Crippen molar-refractivity contribution < 1.29 is 19.0 Å². The van der Waals surface area contributed by atoms with Crippen molar-refractivity contribution in [3.63, 3.8) is 0 Å². The van der Waals surface area contributed by atoms with Crippen LogP contribution in [0.3, 0.4) is 0 Å². The van der Waals surface area contributed by atoms with Crippen molar-refractivity contribution in [3.8, 4) is 0 Å². The number of halogens is 3. The van der Waals surface area contributed by atoms with E-state index in [2.05, 4.69) is 29.2 Å². The lowest BCUT2D eigenvalue weighted by molar-refractivity contribution is 0.0465. The van der Waals surface area contributed by atoms with Crippen molar-refractivity contribution >= 4 is 40.3 Å². The lowest BCUT2D eigenvalue weighted by atomic mass is 9.87. The number of nitrogens with zero attached hydrogens (tertiary/aromatic N) is 1. The molecule has 7 heteroatoms. The molecule has 1 N–H and O–H groups in total. The first-order valence-electron chi connectivity index (χ1n) is 13.5. The average Bonchev–Trinajstić information content (AvgIpc) is 3.30. The Morgan fingerprint density at radius 2 is 1.82 bits per heavy atom. The van der Waals surface area contributed by atoms with Gasteiger partial charge in [0.1, 0.15) is 0 Å². The lowest BCUT2D eigenvalue weighted by Gasteiger charge is -2.18. The van der Waals surface area contributed by atoms with Crippen molar-refractivity contribution in [2.75, 3.05) is 26.3 Å². The van der Waals surface area contributed by atoms with Gasteiger partial charge in [-0.2, -0.15) is 0 Å². The zero-order valence-electron chi connectivity index (χ0n) is 21.8. The SMILES string of the molecule is O=C(O)c1ccc2c(c1)CCCC(c1ccc(Cl)cc1Cl)=C2c1ccc(COC2CCN(CCCF)C2)cc1. The van der Waals surface area contributed by atoms with Gasteiger partial charge in [0, 0.05) is 29.7 Å². The molecule has 39 heavy (non-hydrogen) atoms. The Morgan fingerprint density at radius 3 is 2.56 bits per heavy atom. The number of allylic oxidation sites excluding steroid dienone is 1. The van der Waals surface area contributed by atoms with Crippen LogP contribution in [0.4, 0.5) is 4.39 Å². The molecule has 3 aromatic rings. The highest BCUT2D eigenvalue weighted by Gasteiger charge is 2.24. The number of hydrogen-bond donors (Lipinski definition) is 1. The second kappa shape index (κ2) is 12.6. The number of aromatic carboxylic acids is 1. The molecule has 1 saturated heterocycles. The maximum atomic E-state index is 12.5. The van der Waals surface area contributed by atoms with Crippen LogP contribution in [0, 0.1) is 0 Å². The van der Waals surface area contributed by atoms with E-state index < -0.39 is 5.97 Å². The largest absolute Gasteiger partial charge is 0.478 e. The van der Waals surface area contributed by atoms with Crippen LogP contribution in [0.25, 0.3) is 11.1 Å². The molecule has 1 atom stereocenters. The topological polar surface area (TPSA) is 49.8 Å². The van der Waals surface area contributed by atoms with Gasteiger partial charge in [-0.3, -0.25) is 4.39 Å². The number of carbonyl (C=O) groups is 1.